The van der Waals surface area contributed by atoms with Crippen molar-refractivity contribution < 1.29 is 14.3 Å². The Balaban J connectivity index is 1.98. The first-order valence-corrected chi connectivity index (χ1v) is 10.3. The Morgan fingerprint density at radius 3 is 2.50 bits per heavy atom. The Kier molecular flexibility index (Phi) is 7.63. The zero-order chi connectivity index (χ0) is 21.3. The predicted molar refractivity (Wildman–Crippen MR) is 119 cm³/mol. The molecule has 30 heavy (non-hydrogen) atoms. The second-order valence-electron chi connectivity index (χ2n) is 7.31. The van der Waals surface area contributed by atoms with Crippen LogP contribution in [-0.4, -0.2) is 54.7 Å². The summed E-state index contributed by atoms with van der Waals surface area (Å²) in [6, 6.07) is 17.4. The van der Waals surface area contributed by atoms with Crippen molar-refractivity contribution in [2.45, 2.75) is 19.8 Å². The van der Waals surface area contributed by atoms with Gasteiger partial charge in [0.1, 0.15) is 23.9 Å². The van der Waals surface area contributed by atoms with Gasteiger partial charge in [0.2, 0.25) is 0 Å². The van der Waals surface area contributed by atoms with E-state index in [1.165, 1.54) is 0 Å². The number of H-pyrrole nitrogens is 1. The number of esters is 1. The highest BCUT2D eigenvalue weighted by Crippen LogP contribution is 2.33. The molecule has 2 aromatic carbocycles. The lowest BCUT2D eigenvalue weighted by molar-refractivity contribution is 0.0494. The summed E-state index contributed by atoms with van der Waals surface area (Å²) in [5, 5.41) is 0. The van der Waals surface area contributed by atoms with Crippen LogP contribution in [0.4, 0.5) is 0 Å². The quantitative estimate of drug-likeness (QED) is 0.392. The van der Waals surface area contributed by atoms with Crippen molar-refractivity contribution in [3.8, 4) is 28.4 Å². The van der Waals surface area contributed by atoms with E-state index in [0.29, 0.717) is 36.2 Å². The molecule has 1 aromatic heterocycles. The van der Waals surface area contributed by atoms with E-state index in [-0.39, 0.29) is 0 Å². The second kappa shape index (κ2) is 10.6. The molecule has 158 valence electrons. The van der Waals surface area contributed by atoms with Crippen molar-refractivity contribution in [3.05, 3.63) is 60.3 Å². The van der Waals surface area contributed by atoms with Gasteiger partial charge in [-0.3, -0.25) is 0 Å². The fourth-order valence-electron chi connectivity index (χ4n) is 2.96. The second-order valence-corrected chi connectivity index (χ2v) is 7.31. The van der Waals surface area contributed by atoms with Gasteiger partial charge in [-0.1, -0.05) is 55.8 Å². The molecule has 0 saturated heterocycles. The fraction of sp³-hybridized carbons (Fsp3) is 0.333. The van der Waals surface area contributed by atoms with Gasteiger partial charge in [0.05, 0.1) is 6.61 Å². The molecule has 0 aliphatic rings. The zero-order valence-corrected chi connectivity index (χ0v) is 17.9. The third-order valence-electron chi connectivity index (χ3n) is 4.62. The van der Waals surface area contributed by atoms with Crippen LogP contribution in [0.15, 0.2) is 54.6 Å². The van der Waals surface area contributed by atoms with Gasteiger partial charge >= 0.3 is 5.97 Å². The smallest absolute Gasteiger partial charge is 0.357 e. The Hall–Kier alpha value is -3.12. The number of ether oxygens (including phenoxy) is 2. The van der Waals surface area contributed by atoms with E-state index in [4.69, 9.17) is 14.5 Å². The molecule has 0 aliphatic heterocycles. The summed E-state index contributed by atoms with van der Waals surface area (Å²) in [7, 11) is 4.00. The molecule has 0 bridgehead atoms. The maximum absolute atomic E-state index is 12.8. The van der Waals surface area contributed by atoms with Crippen LogP contribution >= 0.6 is 0 Å². The van der Waals surface area contributed by atoms with Gasteiger partial charge in [-0.15, -0.1) is 0 Å². The Labute approximate surface area is 177 Å². The molecule has 1 N–H and O–H groups in total. The van der Waals surface area contributed by atoms with Crippen LogP contribution in [0.5, 0.6) is 5.75 Å². The topological polar surface area (TPSA) is 67.5 Å². The summed E-state index contributed by atoms with van der Waals surface area (Å²) >= 11 is 0. The van der Waals surface area contributed by atoms with Crippen LogP contribution < -0.4 is 4.74 Å². The van der Waals surface area contributed by atoms with Crippen molar-refractivity contribution in [2.24, 2.45) is 0 Å². The Morgan fingerprint density at radius 2 is 1.77 bits per heavy atom. The highest BCUT2D eigenvalue weighted by Gasteiger charge is 2.23. The number of carbonyl (C=O) groups excluding carboxylic acids is 1. The van der Waals surface area contributed by atoms with E-state index in [0.717, 1.165) is 30.5 Å². The minimum atomic E-state index is -0.406. The SMILES string of the molecule is CCCCOC(=O)c1[nH]c(-c2ccccc2)nc1-c1ccccc1OCCN(C)C. The summed E-state index contributed by atoms with van der Waals surface area (Å²) < 4.78 is 11.5. The summed E-state index contributed by atoms with van der Waals surface area (Å²) in [5.41, 5.74) is 2.54. The number of imidazole rings is 1. The van der Waals surface area contributed by atoms with Crippen molar-refractivity contribution in [1.29, 1.82) is 0 Å². The average molecular weight is 408 g/mol. The first-order valence-electron chi connectivity index (χ1n) is 10.3. The van der Waals surface area contributed by atoms with Gasteiger partial charge in [-0.05, 0) is 32.6 Å². The van der Waals surface area contributed by atoms with E-state index >= 15 is 0 Å². The Bertz CT molecular complexity index is 951. The number of aromatic amines is 1. The molecule has 0 saturated carbocycles. The number of rotatable bonds is 10. The summed E-state index contributed by atoms with van der Waals surface area (Å²) in [6.07, 6.45) is 1.78. The molecule has 3 rings (SSSR count). The summed E-state index contributed by atoms with van der Waals surface area (Å²) in [5.74, 6) is 0.903. The van der Waals surface area contributed by atoms with Crippen molar-refractivity contribution in [1.82, 2.24) is 14.9 Å². The zero-order valence-electron chi connectivity index (χ0n) is 17.9. The minimum absolute atomic E-state index is 0.341. The number of hydrogen-bond acceptors (Lipinski definition) is 5. The lowest BCUT2D eigenvalue weighted by Gasteiger charge is -2.13. The number of benzene rings is 2. The fourth-order valence-corrected chi connectivity index (χ4v) is 2.96. The monoisotopic (exact) mass is 407 g/mol. The molecule has 0 amide bonds. The van der Waals surface area contributed by atoms with E-state index in [2.05, 4.69) is 16.8 Å². The largest absolute Gasteiger partial charge is 0.492 e. The molecule has 6 nitrogen and oxygen atoms in total. The normalized spacial score (nSPS) is 10.9. The molecule has 0 spiro atoms. The third kappa shape index (κ3) is 5.48. The number of carbonyl (C=O) groups is 1. The maximum Gasteiger partial charge on any atom is 0.357 e. The van der Waals surface area contributed by atoms with Crippen LogP contribution in [0.2, 0.25) is 0 Å². The van der Waals surface area contributed by atoms with Gasteiger partial charge in [-0.2, -0.15) is 0 Å². The van der Waals surface area contributed by atoms with Crippen LogP contribution in [0.3, 0.4) is 0 Å². The van der Waals surface area contributed by atoms with Crippen LogP contribution in [-0.2, 0) is 4.74 Å². The highest BCUT2D eigenvalue weighted by molar-refractivity contribution is 5.96. The lowest BCUT2D eigenvalue weighted by atomic mass is 10.1. The molecule has 0 unspecified atom stereocenters. The molecule has 6 heteroatoms. The van der Waals surface area contributed by atoms with Crippen molar-refractivity contribution >= 4 is 5.97 Å². The standard InChI is InChI=1S/C24H29N3O3/c1-4-5-16-30-24(28)22-21(25-23(26-22)18-11-7-6-8-12-18)19-13-9-10-14-20(19)29-17-15-27(2)3/h6-14H,4-5,15-17H2,1-3H3,(H,25,26). The number of hydrogen-bond donors (Lipinski definition) is 1. The highest BCUT2D eigenvalue weighted by atomic mass is 16.5. The van der Waals surface area contributed by atoms with E-state index in [9.17, 15) is 4.79 Å². The molecule has 0 radical (unpaired) electrons. The van der Waals surface area contributed by atoms with Crippen LogP contribution in [0.25, 0.3) is 22.6 Å². The van der Waals surface area contributed by atoms with E-state index in [1.54, 1.807) is 0 Å². The molecule has 0 aliphatic carbocycles. The first kappa shape index (κ1) is 21.6. The van der Waals surface area contributed by atoms with Crippen LogP contribution in [0, 0.1) is 0 Å². The molecular formula is C24H29N3O3. The molecule has 1 heterocycles. The number of nitrogens with zero attached hydrogens (tertiary/aromatic N) is 2. The number of nitrogens with one attached hydrogen (secondary N) is 1. The van der Waals surface area contributed by atoms with Gasteiger partial charge < -0.3 is 19.4 Å². The van der Waals surface area contributed by atoms with E-state index in [1.807, 2.05) is 68.7 Å². The number of aromatic nitrogens is 2. The summed E-state index contributed by atoms with van der Waals surface area (Å²) in [4.78, 5) is 22.8. The molecular weight excluding hydrogens is 378 g/mol. The average Bonchev–Trinajstić information content (AvgIpc) is 3.20. The molecule has 3 aromatic rings. The summed E-state index contributed by atoms with van der Waals surface area (Å²) in [6.45, 7) is 3.77. The minimum Gasteiger partial charge on any atom is -0.492 e. The van der Waals surface area contributed by atoms with Gasteiger partial charge in [-0.25, -0.2) is 9.78 Å². The molecule has 0 atom stereocenters. The first-order chi connectivity index (χ1) is 14.6. The number of unbranched alkanes of at least 4 members (excludes halogenated alkanes) is 1. The van der Waals surface area contributed by atoms with Gasteiger partial charge in [0, 0.05) is 17.7 Å². The van der Waals surface area contributed by atoms with Gasteiger partial charge in [0.25, 0.3) is 0 Å². The number of likely N-dealkylation sites (N-methyl/N-ethyl adjacent to an activating group) is 1. The van der Waals surface area contributed by atoms with Crippen molar-refractivity contribution in [3.63, 3.8) is 0 Å². The lowest BCUT2D eigenvalue weighted by Crippen LogP contribution is -2.19. The van der Waals surface area contributed by atoms with Gasteiger partial charge in [0.15, 0.2) is 5.69 Å². The van der Waals surface area contributed by atoms with Crippen molar-refractivity contribution in [2.75, 3.05) is 33.9 Å². The third-order valence-corrected chi connectivity index (χ3v) is 4.62. The number of para-hydroxylation sites is 1. The van der Waals surface area contributed by atoms with Crippen LogP contribution in [0.1, 0.15) is 30.3 Å². The maximum atomic E-state index is 12.8. The Morgan fingerprint density at radius 1 is 1.03 bits per heavy atom. The van der Waals surface area contributed by atoms with E-state index < -0.39 is 5.97 Å². The molecule has 0 fully saturated rings. The predicted octanol–water partition coefficient (Wildman–Crippen LogP) is 4.64.